The number of unbranched alkanes of at least 4 members (excludes halogenated alkanes) is 3. The summed E-state index contributed by atoms with van der Waals surface area (Å²) in [5, 5.41) is 0. The van der Waals surface area contributed by atoms with Gasteiger partial charge in [-0.3, -0.25) is 0 Å². The number of benzene rings is 4. The van der Waals surface area contributed by atoms with Crippen LogP contribution in [0.3, 0.4) is 0 Å². The molecule has 0 spiro atoms. The number of hydrogen-bond acceptors (Lipinski definition) is 4. The molecule has 5 rings (SSSR count). The molecule has 0 aliphatic carbocycles. The fourth-order valence-electron chi connectivity index (χ4n) is 4.82. The maximum atomic E-state index is 5.81. The Bertz CT molecular complexity index is 1280. The van der Waals surface area contributed by atoms with E-state index in [1.807, 2.05) is 0 Å². The summed E-state index contributed by atoms with van der Waals surface area (Å²) in [7, 11) is 0. The first-order valence-corrected chi connectivity index (χ1v) is 18.6. The largest absolute Gasteiger partial charge is 0.381 e. The predicted octanol–water partition coefficient (Wildman–Crippen LogP) is 13.0. The lowest BCUT2D eigenvalue weighted by atomic mass is 9.84. The summed E-state index contributed by atoms with van der Waals surface area (Å²) in [6, 6.07) is 33.3. The molecular formula is C38H45Br4NO3. The maximum absolute atomic E-state index is 5.81. The fourth-order valence-corrected chi connectivity index (χ4v) is 5.88. The Morgan fingerprint density at radius 3 is 1.35 bits per heavy atom. The maximum Gasteiger partial charge on any atom is 0.0716 e. The smallest absolute Gasteiger partial charge is 0.0716 e. The van der Waals surface area contributed by atoms with Gasteiger partial charge in [0.1, 0.15) is 0 Å². The second-order valence-corrected chi connectivity index (χ2v) is 14.9. The Hall–Kier alpha value is -1.52. The minimum atomic E-state index is 0. The zero-order chi connectivity index (χ0) is 31.9. The average molecular weight is 883 g/mol. The minimum absolute atomic E-state index is 0. The summed E-state index contributed by atoms with van der Waals surface area (Å²) in [4.78, 5) is 2.23. The molecule has 4 aromatic carbocycles. The van der Waals surface area contributed by atoms with Crippen molar-refractivity contribution in [3.63, 3.8) is 0 Å². The summed E-state index contributed by atoms with van der Waals surface area (Å²) in [5.41, 5.74) is 4.90. The van der Waals surface area contributed by atoms with E-state index in [1.54, 1.807) is 0 Å². The molecule has 0 saturated carbocycles. The molecule has 0 unspecified atom stereocenters. The summed E-state index contributed by atoms with van der Waals surface area (Å²) in [6.45, 7) is 7.25. The highest BCUT2D eigenvalue weighted by atomic mass is 79.9. The first-order valence-electron chi connectivity index (χ1n) is 15.4. The van der Waals surface area contributed by atoms with E-state index in [0.717, 1.165) is 87.2 Å². The molecule has 0 bridgehead atoms. The topological polar surface area (TPSA) is 30.9 Å². The van der Waals surface area contributed by atoms with Gasteiger partial charge in [0.15, 0.2) is 0 Å². The van der Waals surface area contributed by atoms with E-state index >= 15 is 0 Å². The van der Waals surface area contributed by atoms with E-state index < -0.39 is 0 Å². The molecule has 0 amide bonds. The number of nitrogens with zero attached hydrogens (tertiary/aromatic N) is 1. The second-order valence-electron chi connectivity index (χ2n) is 11.3. The van der Waals surface area contributed by atoms with Gasteiger partial charge in [0, 0.05) is 53.6 Å². The SMILES string of the molecule is Brc1ccc(N(c2ccc(Br)cc2)c2ccc(Br)cc2)cc1.C.CCC1(COCCCCCCOCc2ccc(Br)cc2)COC1. The second kappa shape index (κ2) is 20.8. The van der Waals surface area contributed by atoms with E-state index in [0.29, 0.717) is 12.0 Å². The van der Waals surface area contributed by atoms with Gasteiger partial charge in [-0.25, -0.2) is 0 Å². The van der Waals surface area contributed by atoms with Crippen molar-refractivity contribution in [2.24, 2.45) is 5.41 Å². The van der Waals surface area contributed by atoms with Crippen molar-refractivity contribution in [1.29, 1.82) is 0 Å². The normalized spacial score (nSPS) is 13.2. The molecule has 0 aromatic heterocycles. The van der Waals surface area contributed by atoms with E-state index in [4.69, 9.17) is 14.2 Å². The molecule has 0 N–H and O–H groups in total. The molecule has 4 aromatic rings. The van der Waals surface area contributed by atoms with Crippen molar-refractivity contribution < 1.29 is 14.2 Å². The van der Waals surface area contributed by atoms with Crippen LogP contribution in [0, 0.1) is 5.41 Å². The number of hydrogen-bond donors (Lipinski definition) is 0. The van der Waals surface area contributed by atoms with Crippen LogP contribution in [-0.2, 0) is 20.8 Å². The van der Waals surface area contributed by atoms with Gasteiger partial charge in [-0.1, -0.05) is 103 Å². The van der Waals surface area contributed by atoms with E-state index in [-0.39, 0.29) is 7.43 Å². The minimum Gasteiger partial charge on any atom is -0.381 e. The van der Waals surface area contributed by atoms with E-state index in [2.05, 4.69) is 173 Å². The molecule has 1 aliphatic heterocycles. The van der Waals surface area contributed by atoms with E-state index in [1.165, 1.54) is 18.4 Å². The van der Waals surface area contributed by atoms with Crippen molar-refractivity contribution in [2.75, 3.05) is 37.9 Å². The van der Waals surface area contributed by atoms with Gasteiger partial charge in [-0.2, -0.15) is 0 Å². The predicted molar refractivity (Wildman–Crippen MR) is 208 cm³/mol. The van der Waals surface area contributed by atoms with Crippen molar-refractivity contribution in [3.8, 4) is 0 Å². The standard InChI is InChI=1S/C19H29BrO3.C18H12Br3N.CH4/c1-2-19(15-23-16-19)14-22-12-6-4-3-5-11-21-13-17-7-9-18(20)10-8-17;19-13-1-7-16(8-2-13)22(17-9-3-14(20)4-10-17)18-11-5-15(21)6-12-18;/h7-10H,2-6,11-16H2,1H3;1-12H;1H4. The third-order valence-corrected chi connectivity index (χ3v) is 9.85. The summed E-state index contributed by atoms with van der Waals surface area (Å²) in [6.07, 6.45) is 5.86. The highest BCUT2D eigenvalue weighted by molar-refractivity contribution is 9.11. The van der Waals surface area contributed by atoms with Crippen molar-refractivity contribution in [3.05, 3.63) is 121 Å². The molecular weight excluding hydrogens is 838 g/mol. The summed E-state index contributed by atoms with van der Waals surface area (Å²) in [5.74, 6) is 0. The molecule has 8 heteroatoms. The van der Waals surface area contributed by atoms with Gasteiger partial charge >= 0.3 is 0 Å². The van der Waals surface area contributed by atoms with Crippen molar-refractivity contribution in [1.82, 2.24) is 0 Å². The molecule has 0 radical (unpaired) electrons. The summed E-state index contributed by atoms with van der Waals surface area (Å²) >= 11 is 13.9. The lowest BCUT2D eigenvalue weighted by Crippen LogP contribution is -2.45. The molecule has 0 atom stereocenters. The van der Waals surface area contributed by atoms with Crippen LogP contribution in [-0.4, -0.2) is 33.0 Å². The van der Waals surface area contributed by atoms with E-state index in [9.17, 15) is 0 Å². The highest BCUT2D eigenvalue weighted by Crippen LogP contribution is 2.36. The lowest BCUT2D eigenvalue weighted by Gasteiger charge is -2.40. The quantitative estimate of drug-likeness (QED) is 0.111. The van der Waals surface area contributed by atoms with Crippen LogP contribution in [0.2, 0.25) is 0 Å². The van der Waals surface area contributed by atoms with Gasteiger partial charge in [0.2, 0.25) is 0 Å². The molecule has 1 aliphatic rings. The van der Waals surface area contributed by atoms with Crippen LogP contribution < -0.4 is 4.90 Å². The number of ether oxygens (including phenoxy) is 3. The Morgan fingerprint density at radius 2 is 0.978 bits per heavy atom. The van der Waals surface area contributed by atoms with Crippen LogP contribution in [0.1, 0.15) is 52.0 Å². The molecule has 1 fully saturated rings. The first-order chi connectivity index (χ1) is 21.9. The van der Waals surface area contributed by atoms with Crippen LogP contribution in [0.5, 0.6) is 0 Å². The van der Waals surface area contributed by atoms with Gasteiger partial charge < -0.3 is 19.1 Å². The Morgan fingerprint density at radius 1 is 0.587 bits per heavy atom. The van der Waals surface area contributed by atoms with Gasteiger partial charge in [0.25, 0.3) is 0 Å². The van der Waals surface area contributed by atoms with Crippen LogP contribution in [0.4, 0.5) is 17.1 Å². The molecule has 46 heavy (non-hydrogen) atoms. The zero-order valence-corrected chi connectivity index (χ0v) is 32.0. The average Bonchev–Trinajstić information content (AvgIpc) is 3.03. The molecule has 1 heterocycles. The van der Waals surface area contributed by atoms with Crippen LogP contribution in [0.15, 0.2) is 115 Å². The molecule has 1 saturated heterocycles. The van der Waals surface area contributed by atoms with Crippen molar-refractivity contribution >= 4 is 80.8 Å². The molecule has 248 valence electrons. The molecule has 4 nitrogen and oxygen atoms in total. The lowest BCUT2D eigenvalue weighted by molar-refractivity contribution is -0.150. The Labute approximate surface area is 309 Å². The fraction of sp³-hybridized carbons (Fsp3) is 0.368. The zero-order valence-electron chi connectivity index (χ0n) is 25.7. The summed E-state index contributed by atoms with van der Waals surface area (Å²) < 4.78 is 21.1. The van der Waals surface area contributed by atoms with Gasteiger partial charge in [-0.15, -0.1) is 0 Å². The Kier molecular flexibility index (Phi) is 17.6. The number of anilines is 3. The van der Waals surface area contributed by atoms with Crippen molar-refractivity contribution in [2.45, 2.75) is 53.1 Å². The monoisotopic (exact) mass is 879 g/mol. The highest BCUT2D eigenvalue weighted by Gasteiger charge is 2.36. The Balaban J connectivity index is 0.000000245. The number of rotatable bonds is 15. The van der Waals surface area contributed by atoms with Crippen LogP contribution in [0.25, 0.3) is 0 Å². The first kappa shape index (κ1) is 38.9. The third kappa shape index (κ3) is 12.8. The third-order valence-electron chi connectivity index (χ3n) is 7.74. The van der Waals surface area contributed by atoms with Gasteiger partial charge in [-0.05, 0) is 110 Å². The van der Waals surface area contributed by atoms with Gasteiger partial charge in [0.05, 0.1) is 26.4 Å². The number of halogens is 4. The van der Waals surface area contributed by atoms with Crippen LogP contribution >= 0.6 is 63.7 Å².